The Kier molecular flexibility index (Phi) is 2.62. The molecule has 3 rings (SSSR count). The maximum atomic E-state index is 4.24. The van der Waals surface area contributed by atoms with E-state index in [2.05, 4.69) is 40.6 Å². The zero-order valence-corrected chi connectivity index (χ0v) is 9.78. The van der Waals surface area contributed by atoms with Crippen LogP contribution in [-0.2, 0) is 0 Å². The van der Waals surface area contributed by atoms with Crippen LogP contribution in [0.2, 0.25) is 0 Å². The second kappa shape index (κ2) is 4.26. The molecule has 0 spiro atoms. The van der Waals surface area contributed by atoms with E-state index in [1.807, 2.05) is 11.6 Å². The third-order valence-electron chi connectivity index (χ3n) is 3.17. The fourth-order valence-corrected chi connectivity index (χ4v) is 2.81. The molecule has 1 saturated carbocycles. The molecule has 1 fully saturated rings. The van der Waals surface area contributed by atoms with Gasteiger partial charge >= 0.3 is 0 Å². The van der Waals surface area contributed by atoms with Crippen LogP contribution in [-0.4, -0.2) is 11.0 Å². The molecule has 1 N–H and O–H groups in total. The molecule has 0 bridgehead atoms. The zero-order chi connectivity index (χ0) is 10.8. The molecule has 1 aliphatic carbocycles. The summed E-state index contributed by atoms with van der Waals surface area (Å²) >= 11 is 1.68. The minimum Gasteiger partial charge on any atom is -0.359 e. The summed E-state index contributed by atoms with van der Waals surface area (Å²) in [6.07, 6.45) is 4.30. The van der Waals surface area contributed by atoms with Crippen molar-refractivity contribution >= 4 is 16.5 Å². The summed E-state index contributed by atoms with van der Waals surface area (Å²) in [4.78, 5) is 4.24. The third-order valence-corrected chi connectivity index (χ3v) is 3.87. The van der Waals surface area contributed by atoms with Crippen molar-refractivity contribution in [3.63, 3.8) is 0 Å². The Morgan fingerprint density at radius 3 is 2.69 bits per heavy atom. The molecule has 2 nitrogen and oxygen atoms in total. The van der Waals surface area contributed by atoms with Gasteiger partial charge in [-0.15, -0.1) is 11.3 Å². The Morgan fingerprint density at radius 1 is 1.19 bits per heavy atom. The maximum absolute atomic E-state index is 4.24. The molecule has 0 amide bonds. The summed E-state index contributed by atoms with van der Waals surface area (Å²) < 4.78 is 0. The van der Waals surface area contributed by atoms with Crippen LogP contribution in [0.25, 0.3) is 0 Å². The summed E-state index contributed by atoms with van der Waals surface area (Å²) in [7, 11) is 0. The molecule has 82 valence electrons. The van der Waals surface area contributed by atoms with Gasteiger partial charge in [0, 0.05) is 17.6 Å². The lowest BCUT2D eigenvalue weighted by molar-refractivity contribution is 0.374. The first-order chi connectivity index (χ1) is 7.92. The SMILES string of the molecule is c1ccc(C2CC(Nc3nccs3)C2)cc1. The van der Waals surface area contributed by atoms with Crippen LogP contribution in [0.3, 0.4) is 0 Å². The Morgan fingerprint density at radius 2 is 2.00 bits per heavy atom. The fraction of sp³-hybridized carbons (Fsp3) is 0.308. The van der Waals surface area contributed by atoms with Crippen molar-refractivity contribution < 1.29 is 0 Å². The van der Waals surface area contributed by atoms with Gasteiger partial charge < -0.3 is 5.32 Å². The number of hydrogen-bond acceptors (Lipinski definition) is 3. The highest BCUT2D eigenvalue weighted by molar-refractivity contribution is 7.13. The highest BCUT2D eigenvalue weighted by Crippen LogP contribution is 2.38. The molecule has 1 aromatic heterocycles. The molecule has 1 heterocycles. The van der Waals surface area contributed by atoms with Crippen LogP contribution in [0.4, 0.5) is 5.13 Å². The highest BCUT2D eigenvalue weighted by atomic mass is 32.1. The molecule has 0 atom stereocenters. The van der Waals surface area contributed by atoms with Gasteiger partial charge in [-0.05, 0) is 24.3 Å². The van der Waals surface area contributed by atoms with E-state index in [-0.39, 0.29) is 0 Å². The summed E-state index contributed by atoms with van der Waals surface area (Å²) in [5.74, 6) is 0.735. The Balaban J connectivity index is 1.55. The normalized spacial score (nSPS) is 23.8. The molecule has 3 heteroatoms. The van der Waals surface area contributed by atoms with Crippen LogP contribution >= 0.6 is 11.3 Å². The van der Waals surface area contributed by atoms with E-state index in [4.69, 9.17) is 0 Å². The number of aromatic nitrogens is 1. The summed E-state index contributed by atoms with van der Waals surface area (Å²) in [5, 5.41) is 6.53. The van der Waals surface area contributed by atoms with Crippen LogP contribution in [0.1, 0.15) is 24.3 Å². The van der Waals surface area contributed by atoms with Gasteiger partial charge in [0.1, 0.15) is 0 Å². The van der Waals surface area contributed by atoms with Crippen molar-refractivity contribution in [2.75, 3.05) is 5.32 Å². The summed E-state index contributed by atoms with van der Waals surface area (Å²) in [6.45, 7) is 0. The van der Waals surface area contributed by atoms with Crippen LogP contribution in [0.5, 0.6) is 0 Å². The predicted molar refractivity (Wildman–Crippen MR) is 67.9 cm³/mol. The molecular weight excluding hydrogens is 216 g/mol. The average molecular weight is 230 g/mol. The minimum absolute atomic E-state index is 0.608. The maximum Gasteiger partial charge on any atom is 0.182 e. The van der Waals surface area contributed by atoms with Crippen LogP contribution < -0.4 is 5.32 Å². The van der Waals surface area contributed by atoms with E-state index in [0.29, 0.717) is 6.04 Å². The minimum atomic E-state index is 0.608. The summed E-state index contributed by atoms with van der Waals surface area (Å²) in [5.41, 5.74) is 1.47. The van der Waals surface area contributed by atoms with Gasteiger partial charge in [0.25, 0.3) is 0 Å². The van der Waals surface area contributed by atoms with Crippen molar-refractivity contribution in [2.45, 2.75) is 24.8 Å². The van der Waals surface area contributed by atoms with E-state index in [1.54, 1.807) is 11.3 Å². The lowest BCUT2D eigenvalue weighted by Gasteiger charge is -2.36. The van der Waals surface area contributed by atoms with Crippen LogP contribution in [0.15, 0.2) is 41.9 Å². The van der Waals surface area contributed by atoms with Crippen LogP contribution in [0, 0.1) is 0 Å². The van der Waals surface area contributed by atoms with E-state index in [1.165, 1.54) is 18.4 Å². The van der Waals surface area contributed by atoms with Gasteiger partial charge in [0.2, 0.25) is 0 Å². The van der Waals surface area contributed by atoms with Gasteiger partial charge in [0.05, 0.1) is 0 Å². The number of benzene rings is 1. The number of thiazole rings is 1. The van der Waals surface area contributed by atoms with E-state index < -0.39 is 0 Å². The molecule has 1 aliphatic rings. The Bertz CT molecular complexity index is 432. The monoisotopic (exact) mass is 230 g/mol. The lowest BCUT2D eigenvalue weighted by Crippen LogP contribution is -2.33. The molecule has 2 aromatic rings. The standard InChI is InChI=1S/C13H14N2S/c1-2-4-10(5-3-1)11-8-12(9-11)15-13-14-6-7-16-13/h1-7,11-12H,8-9H2,(H,14,15). The van der Waals surface area contributed by atoms with Gasteiger partial charge in [-0.1, -0.05) is 30.3 Å². The van der Waals surface area contributed by atoms with Gasteiger partial charge in [-0.3, -0.25) is 0 Å². The van der Waals surface area contributed by atoms with E-state index in [9.17, 15) is 0 Å². The summed E-state index contributed by atoms with van der Waals surface area (Å²) in [6, 6.07) is 11.4. The van der Waals surface area contributed by atoms with Gasteiger partial charge in [0.15, 0.2) is 5.13 Å². The average Bonchev–Trinajstić information content (AvgIpc) is 2.77. The molecular formula is C13H14N2S. The third kappa shape index (κ3) is 1.95. The number of nitrogens with zero attached hydrogens (tertiary/aromatic N) is 1. The first-order valence-corrected chi connectivity index (χ1v) is 6.51. The number of rotatable bonds is 3. The largest absolute Gasteiger partial charge is 0.359 e. The molecule has 0 unspecified atom stereocenters. The van der Waals surface area contributed by atoms with Gasteiger partial charge in [-0.2, -0.15) is 0 Å². The van der Waals surface area contributed by atoms with E-state index >= 15 is 0 Å². The Labute approximate surface area is 99.4 Å². The first kappa shape index (κ1) is 9.85. The zero-order valence-electron chi connectivity index (χ0n) is 8.97. The Hall–Kier alpha value is -1.35. The number of anilines is 1. The second-order valence-electron chi connectivity index (χ2n) is 4.26. The number of nitrogens with one attached hydrogen (secondary N) is 1. The van der Waals surface area contributed by atoms with Gasteiger partial charge in [-0.25, -0.2) is 4.98 Å². The molecule has 16 heavy (non-hydrogen) atoms. The van der Waals surface area contributed by atoms with Crippen molar-refractivity contribution in [2.24, 2.45) is 0 Å². The van der Waals surface area contributed by atoms with Crippen molar-refractivity contribution in [1.82, 2.24) is 4.98 Å². The van der Waals surface area contributed by atoms with Crippen molar-refractivity contribution in [3.8, 4) is 0 Å². The predicted octanol–water partition coefficient (Wildman–Crippen LogP) is 3.50. The molecule has 1 aromatic carbocycles. The number of hydrogen-bond donors (Lipinski definition) is 1. The fourth-order valence-electron chi connectivity index (χ4n) is 2.20. The van der Waals surface area contributed by atoms with Crippen molar-refractivity contribution in [3.05, 3.63) is 47.5 Å². The van der Waals surface area contributed by atoms with Crippen molar-refractivity contribution in [1.29, 1.82) is 0 Å². The quantitative estimate of drug-likeness (QED) is 0.873. The molecule has 0 aliphatic heterocycles. The highest BCUT2D eigenvalue weighted by Gasteiger charge is 2.30. The lowest BCUT2D eigenvalue weighted by atomic mass is 9.76. The topological polar surface area (TPSA) is 24.9 Å². The first-order valence-electron chi connectivity index (χ1n) is 5.63. The molecule has 0 saturated heterocycles. The molecule has 0 radical (unpaired) electrons. The second-order valence-corrected chi connectivity index (χ2v) is 5.15. The van der Waals surface area contributed by atoms with E-state index in [0.717, 1.165) is 11.0 Å². The smallest absolute Gasteiger partial charge is 0.182 e.